The molecule has 0 aliphatic heterocycles. The van der Waals surface area contributed by atoms with Crippen LogP contribution in [0, 0.1) is 0 Å². The van der Waals surface area contributed by atoms with Crippen LogP contribution in [0.3, 0.4) is 0 Å². The Bertz CT molecular complexity index is 506. The Kier molecular flexibility index (Phi) is 4.58. The highest BCUT2D eigenvalue weighted by molar-refractivity contribution is 5.94. The lowest BCUT2D eigenvalue weighted by Gasteiger charge is -2.06. The monoisotopic (exact) mass is 260 g/mol. The van der Waals surface area contributed by atoms with Crippen LogP contribution in [0.25, 0.3) is 0 Å². The van der Waals surface area contributed by atoms with Crippen molar-refractivity contribution in [2.75, 3.05) is 18.5 Å². The highest BCUT2D eigenvalue weighted by Gasteiger charge is 2.04. The van der Waals surface area contributed by atoms with E-state index in [9.17, 15) is 4.79 Å². The van der Waals surface area contributed by atoms with Crippen LogP contribution >= 0.6 is 0 Å². The summed E-state index contributed by atoms with van der Waals surface area (Å²) in [7, 11) is 0. The lowest BCUT2D eigenvalue weighted by molar-refractivity contribution is 0.0945. The first kappa shape index (κ1) is 13.2. The van der Waals surface area contributed by atoms with Crippen molar-refractivity contribution in [2.45, 2.75) is 6.54 Å². The van der Waals surface area contributed by atoms with Crippen LogP contribution in [0.15, 0.2) is 47.1 Å². The van der Waals surface area contributed by atoms with Crippen LogP contribution in [0.4, 0.5) is 5.69 Å². The lowest BCUT2D eigenvalue weighted by atomic mass is 10.2. The fraction of sp³-hybridized carbons (Fsp3) is 0.214. The van der Waals surface area contributed by atoms with Crippen LogP contribution in [0.2, 0.25) is 0 Å². The second kappa shape index (κ2) is 6.61. The minimum Gasteiger partial charge on any atom is -0.467 e. The van der Waals surface area contributed by atoms with E-state index in [1.54, 1.807) is 18.4 Å². The van der Waals surface area contributed by atoms with E-state index in [2.05, 4.69) is 10.6 Å². The number of carbonyl (C=O) groups is 1. The van der Waals surface area contributed by atoms with Gasteiger partial charge in [-0.1, -0.05) is 0 Å². The van der Waals surface area contributed by atoms with Crippen molar-refractivity contribution in [3.63, 3.8) is 0 Å². The summed E-state index contributed by atoms with van der Waals surface area (Å²) in [6.07, 6.45) is 1.63. The molecule has 5 nitrogen and oxygen atoms in total. The molecular weight excluding hydrogens is 244 g/mol. The standard InChI is InChI=1S/C14H16N2O3/c17-8-7-15-14(18)11-3-5-12(6-4-11)16-10-13-2-1-9-19-13/h1-6,9,16-17H,7-8,10H2,(H,15,18). The van der Waals surface area contributed by atoms with Gasteiger partial charge in [0.05, 0.1) is 19.4 Å². The van der Waals surface area contributed by atoms with Gasteiger partial charge >= 0.3 is 0 Å². The molecule has 0 radical (unpaired) electrons. The maximum absolute atomic E-state index is 11.6. The SMILES string of the molecule is O=C(NCCO)c1ccc(NCc2ccco2)cc1. The smallest absolute Gasteiger partial charge is 0.251 e. The quantitative estimate of drug-likeness (QED) is 0.737. The van der Waals surface area contributed by atoms with Gasteiger partial charge in [0.25, 0.3) is 5.91 Å². The molecular formula is C14H16N2O3. The van der Waals surface area contributed by atoms with E-state index in [1.807, 2.05) is 24.3 Å². The largest absolute Gasteiger partial charge is 0.467 e. The fourth-order valence-corrected chi connectivity index (χ4v) is 1.61. The molecule has 100 valence electrons. The van der Waals surface area contributed by atoms with E-state index in [4.69, 9.17) is 9.52 Å². The van der Waals surface area contributed by atoms with E-state index in [0.717, 1.165) is 11.4 Å². The minimum absolute atomic E-state index is 0.0610. The highest BCUT2D eigenvalue weighted by atomic mass is 16.3. The summed E-state index contributed by atoms with van der Waals surface area (Å²) in [5, 5.41) is 14.4. The predicted octanol–water partition coefficient (Wildman–Crippen LogP) is 1.61. The van der Waals surface area contributed by atoms with Crippen molar-refractivity contribution in [3.8, 4) is 0 Å². The summed E-state index contributed by atoms with van der Waals surface area (Å²) in [6.45, 7) is 0.801. The van der Waals surface area contributed by atoms with Crippen LogP contribution in [0.1, 0.15) is 16.1 Å². The lowest BCUT2D eigenvalue weighted by Crippen LogP contribution is -2.26. The Balaban J connectivity index is 1.89. The number of hydrogen-bond donors (Lipinski definition) is 3. The predicted molar refractivity (Wildman–Crippen MR) is 71.9 cm³/mol. The third kappa shape index (κ3) is 3.86. The molecule has 0 saturated carbocycles. The van der Waals surface area contributed by atoms with Crippen molar-refractivity contribution in [3.05, 3.63) is 54.0 Å². The number of carbonyl (C=O) groups excluding carboxylic acids is 1. The second-order valence-electron chi connectivity index (χ2n) is 3.99. The molecule has 0 aliphatic rings. The average Bonchev–Trinajstić information content (AvgIpc) is 2.96. The van der Waals surface area contributed by atoms with Gasteiger partial charge in [-0.2, -0.15) is 0 Å². The molecule has 2 rings (SSSR count). The normalized spacial score (nSPS) is 10.2. The molecule has 19 heavy (non-hydrogen) atoms. The molecule has 0 fully saturated rings. The summed E-state index contributed by atoms with van der Waals surface area (Å²) in [4.78, 5) is 11.6. The number of benzene rings is 1. The Hall–Kier alpha value is -2.27. The van der Waals surface area contributed by atoms with Gasteiger partial charge in [0, 0.05) is 17.8 Å². The topological polar surface area (TPSA) is 74.5 Å². The zero-order chi connectivity index (χ0) is 13.5. The number of hydrogen-bond acceptors (Lipinski definition) is 4. The minimum atomic E-state index is -0.188. The summed E-state index contributed by atoms with van der Waals surface area (Å²) in [5.74, 6) is 0.663. The van der Waals surface area contributed by atoms with Crippen molar-refractivity contribution in [2.24, 2.45) is 0 Å². The van der Waals surface area contributed by atoms with Gasteiger partial charge in [-0.15, -0.1) is 0 Å². The van der Waals surface area contributed by atoms with Crippen LogP contribution in [0.5, 0.6) is 0 Å². The van der Waals surface area contributed by atoms with Gasteiger partial charge in [0.1, 0.15) is 5.76 Å². The molecule has 1 heterocycles. The van der Waals surface area contributed by atoms with Crippen LogP contribution in [-0.2, 0) is 6.54 Å². The first-order valence-electron chi connectivity index (χ1n) is 6.05. The van der Waals surface area contributed by atoms with Crippen molar-refractivity contribution >= 4 is 11.6 Å². The highest BCUT2D eigenvalue weighted by Crippen LogP contribution is 2.11. The Labute approximate surface area is 111 Å². The van der Waals surface area contributed by atoms with E-state index in [1.165, 1.54) is 0 Å². The number of furan rings is 1. The molecule has 1 aromatic carbocycles. The van der Waals surface area contributed by atoms with Crippen molar-refractivity contribution < 1.29 is 14.3 Å². The molecule has 0 aliphatic carbocycles. The number of anilines is 1. The molecule has 5 heteroatoms. The summed E-state index contributed by atoms with van der Waals surface area (Å²) in [5.41, 5.74) is 1.48. The number of nitrogens with one attached hydrogen (secondary N) is 2. The number of amides is 1. The van der Waals surface area contributed by atoms with Crippen molar-refractivity contribution in [1.29, 1.82) is 0 Å². The van der Waals surface area contributed by atoms with Gasteiger partial charge in [-0.25, -0.2) is 0 Å². The molecule has 3 N–H and O–H groups in total. The molecule has 0 atom stereocenters. The number of rotatable bonds is 6. The van der Waals surface area contributed by atoms with Gasteiger partial charge in [-0.05, 0) is 36.4 Å². The molecule has 2 aromatic rings. The van der Waals surface area contributed by atoms with Crippen LogP contribution < -0.4 is 10.6 Å². The van der Waals surface area contributed by atoms with Crippen molar-refractivity contribution in [1.82, 2.24) is 5.32 Å². The molecule has 0 bridgehead atoms. The van der Waals surface area contributed by atoms with Gasteiger partial charge in [0.15, 0.2) is 0 Å². The van der Waals surface area contributed by atoms with E-state index in [0.29, 0.717) is 12.1 Å². The number of aliphatic hydroxyl groups is 1. The Morgan fingerprint density at radius 1 is 1.21 bits per heavy atom. The molecule has 0 unspecified atom stereocenters. The molecule has 0 saturated heterocycles. The Morgan fingerprint density at radius 2 is 2.00 bits per heavy atom. The molecule has 0 spiro atoms. The second-order valence-corrected chi connectivity index (χ2v) is 3.99. The zero-order valence-electron chi connectivity index (χ0n) is 10.4. The first-order chi connectivity index (χ1) is 9.29. The van der Waals surface area contributed by atoms with Crippen LogP contribution in [-0.4, -0.2) is 24.2 Å². The van der Waals surface area contributed by atoms with E-state index < -0.39 is 0 Å². The average molecular weight is 260 g/mol. The third-order valence-corrected chi connectivity index (χ3v) is 2.59. The zero-order valence-corrected chi connectivity index (χ0v) is 10.4. The fourth-order valence-electron chi connectivity index (χ4n) is 1.61. The summed E-state index contributed by atoms with van der Waals surface area (Å²) >= 11 is 0. The van der Waals surface area contributed by atoms with E-state index in [-0.39, 0.29) is 19.1 Å². The third-order valence-electron chi connectivity index (χ3n) is 2.59. The molecule has 1 amide bonds. The summed E-state index contributed by atoms with van der Waals surface area (Å²) in [6, 6.07) is 10.9. The van der Waals surface area contributed by atoms with E-state index >= 15 is 0 Å². The Morgan fingerprint density at radius 3 is 2.63 bits per heavy atom. The maximum atomic E-state index is 11.6. The maximum Gasteiger partial charge on any atom is 0.251 e. The molecule has 1 aromatic heterocycles. The summed E-state index contributed by atoms with van der Waals surface area (Å²) < 4.78 is 5.21. The van der Waals surface area contributed by atoms with Gasteiger partial charge in [-0.3, -0.25) is 4.79 Å². The van der Waals surface area contributed by atoms with Gasteiger partial charge in [0.2, 0.25) is 0 Å². The first-order valence-corrected chi connectivity index (χ1v) is 6.05. The van der Waals surface area contributed by atoms with Gasteiger partial charge < -0.3 is 20.2 Å². The number of aliphatic hydroxyl groups excluding tert-OH is 1.